The van der Waals surface area contributed by atoms with Gasteiger partial charge >= 0.3 is 5.97 Å². The maximum absolute atomic E-state index is 11.8. The molecule has 0 saturated heterocycles. The third kappa shape index (κ3) is 3.42. The van der Waals surface area contributed by atoms with Crippen LogP contribution in [0.3, 0.4) is 0 Å². The topological polar surface area (TPSA) is 72.2 Å². The van der Waals surface area contributed by atoms with E-state index in [2.05, 4.69) is 4.98 Å². The van der Waals surface area contributed by atoms with Crippen molar-refractivity contribution < 1.29 is 14.3 Å². The van der Waals surface area contributed by atoms with Gasteiger partial charge in [-0.2, -0.15) is 5.26 Å². The number of hydrogen-bond donors (Lipinski definition) is 0. The van der Waals surface area contributed by atoms with Crippen molar-refractivity contribution in [1.29, 1.82) is 5.26 Å². The second-order valence-electron chi connectivity index (χ2n) is 3.40. The Balaban J connectivity index is 3.17. The number of halogens is 1. The van der Waals surface area contributed by atoms with Crippen molar-refractivity contribution >= 4 is 17.6 Å². The normalized spacial score (nSPS) is 9.89. The maximum atomic E-state index is 11.8. The molecule has 0 aliphatic carbocycles. The molecule has 96 valence electrons. The number of aromatic nitrogens is 1. The number of ether oxygens (including phenoxy) is 2. The molecular weight excluding hydrogens is 256 g/mol. The molecule has 0 unspecified atom stereocenters. The van der Waals surface area contributed by atoms with Gasteiger partial charge in [-0.1, -0.05) is 11.6 Å². The molecule has 0 atom stereocenters. The van der Waals surface area contributed by atoms with E-state index in [1.54, 1.807) is 14.0 Å². The zero-order valence-electron chi connectivity index (χ0n) is 10.2. The first kappa shape index (κ1) is 14.4. The van der Waals surface area contributed by atoms with E-state index < -0.39 is 5.97 Å². The molecule has 1 heterocycles. The molecule has 0 amide bonds. The fourth-order valence-corrected chi connectivity index (χ4v) is 1.58. The first-order chi connectivity index (χ1) is 8.63. The van der Waals surface area contributed by atoms with Crippen molar-refractivity contribution in [3.05, 3.63) is 28.0 Å². The van der Waals surface area contributed by atoms with Gasteiger partial charge < -0.3 is 9.47 Å². The van der Waals surface area contributed by atoms with Crippen molar-refractivity contribution in [3.8, 4) is 6.07 Å². The molecule has 1 aromatic rings. The summed E-state index contributed by atoms with van der Waals surface area (Å²) in [6, 6.07) is 3.28. The molecule has 0 aromatic carbocycles. The summed E-state index contributed by atoms with van der Waals surface area (Å²) in [5, 5.41) is 8.95. The van der Waals surface area contributed by atoms with Gasteiger partial charge in [0.1, 0.15) is 11.2 Å². The van der Waals surface area contributed by atoms with Crippen LogP contribution in [0.2, 0.25) is 5.15 Å². The number of nitriles is 1. The highest BCUT2D eigenvalue weighted by molar-refractivity contribution is 6.30. The van der Waals surface area contributed by atoms with E-state index in [1.807, 2.05) is 6.07 Å². The van der Waals surface area contributed by atoms with Crippen LogP contribution in [0.25, 0.3) is 0 Å². The Kier molecular flexibility index (Phi) is 5.56. The van der Waals surface area contributed by atoms with E-state index in [4.69, 9.17) is 26.3 Å². The molecular formula is C12H13ClN2O3. The molecule has 6 heteroatoms. The highest BCUT2D eigenvalue weighted by atomic mass is 35.5. The van der Waals surface area contributed by atoms with E-state index in [1.165, 1.54) is 6.07 Å². The number of esters is 1. The summed E-state index contributed by atoms with van der Waals surface area (Å²) in [6.45, 7) is 2.37. The highest BCUT2D eigenvalue weighted by Crippen LogP contribution is 2.18. The smallest absolute Gasteiger partial charge is 0.340 e. The average Bonchev–Trinajstić information content (AvgIpc) is 2.36. The number of nitrogens with zero attached hydrogens (tertiary/aromatic N) is 2. The lowest BCUT2D eigenvalue weighted by molar-refractivity contribution is 0.0524. The van der Waals surface area contributed by atoms with Gasteiger partial charge in [0.25, 0.3) is 0 Å². The zero-order chi connectivity index (χ0) is 13.5. The number of methoxy groups -OCH3 is 1. The number of rotatable bonds is 5. The van der Waals surface area contributed by atoms with Crippen LogP contribution in [-0.4, -0.2) is 31.3 Å². The van der Waals surface area contributed by atoms with Crippen LogP contribution >= 0.6 is 11.6 Å². The molecule has 5 nitrogen and oxygen atoms in total. The molecule has 18 heavy (non-hydrogen) atoms. The van der Waals surface area contributed by atoms with E-state index in [0.29, 0.717) is 18.7 Å². The SMILES string of the molecule is CCOC(=O)c1cc(C#N)c(Cl)nc1CCOC. The van der Waals surface area contributed by atoms with Crippen molar-refractivity contribution in [2.24, 2.45) is 0 Å². The number of carbonyl (C=O) groups excluding carboxylic acids is 1. The van der Waals surface area contributed by atoms with Crippen LogP contribution in [0.15, 0.2) is 6.07 Å². The van der Waals surface area contributed by atoms with Crippen LogP contribution in [0.1, 0.15) is 28.5 Å². The largest absolute Gasteiger partial charge is 0.462 e. The standard InChI is InChI=1S/C12H13ClN2O3/c1-3-18-12(16)9-6-8(7-14)11(13)15-10(9)4-5-17-2/h6H,3-5H2,1-2H3. The second-order valence-corrected chi connectivity index (χ2v) is 3.75. The third-order valence-electron chi connectivity index (χ3n) is 2.21. The lowest BCUT2D eigenvalue weighted by atomic mass is 10.1. The quantitative estimate of drug-likeness (QED) is 0.603. The van der Waals surface area contributed by atoms with Crippen LogP contribution in [0.4, 0.5) is 0 Å². The van der Waals surface area contributed by atoms with Crippen molar-refractivity contribution in [3.63, 3.8) is 0 Å². The van der Waals surface area contributed by atoms with Gasteiger partial charge in [0.05, 0.1) is 30.0 Å². The molecule has 0 fully saturated rings. The summed E-state index contributed by atoms with van der Waals surface area (Å²) < 4.78 is 9.85. The average molecular weight is 269 g/mol. The van der Waals surface area contributed by atoms with Crippen molar-refractivity contribution in [1.82, 2.24) is 4.98 Å². The predicted molar refractivity (Wildman–Crippen MR) is 65.5 cm³/mol. The summed E-state index contributed by atoms with van der Waals surface area (Å²) >= 11 is 5.84. The highest BCUT2D eigenvalue weighted by Gasteiger charge is 2.17. The summed E-state index contributed by atoms with van der Waals surface area (Å²) in [6.07, 6.45) is 0.427. The lowest BCUT2D eigenvalue weighted by Gasteiger charge is -2.09. The van der Waals surface area contributed by atoms with Crippen molar-refractivity contribution in [2.45, 2.75) is 13.3 Å². The molecule has 0 N–H and O–H groups in total. The van der Waals surface area contributed by atoms with Gasteiger partial charge in [0.2, 0.25) is 0 Å². The third-order valence-corrected chi connectivity index (χ3v) is 2.50. The van der Waals surface area contributed by atoms with E-state index in [-0.39, 0.29) is 22.9 Å². The minimum atomic E-state index is -0.510. The number of hydrogen-bond acceptors (Lipinski definition) is 5. The predicted octanol–water partition coefficient (Wildman–Crippen LogP) is 1.97. The molecule has 0 bridgehead atoms. The van der Waals surface area contributed by atoms with E-state index in [0.717, 1.165) is 0 Å². The molecule has 0 saturated carbocycles. The maximum Gasteiger partial charge on any atom is 0.340 e. The molecule has 0 radical (unpaired) electrons. The summed E-state index contributed by atoms with van der Waals surface area (Å²) in [4.78, 5) is 15.8. The minimum absolute atomic E-state index is 0.0802. The lowest BCUT2D eigenvalue weighted by Crippen LogP contribution is -2.12. The zero-order valence-corrected chi connectivity index (χ0v) is 11.0. The Morgan fingerprint density at radius 1 is 1.61 bits per heavy atom. The van der Waals surface area contributed by atoms with Crippen molar-refractivity contribution in [2.75, 3.05) is 20.3 Å². The molecule has 0 aliphatic heterocycles. The van der Waals surface area contributed by atoms with Crippen LogP contribution in [0, 0.1) is 11.3 Å². The first-order valence-electron chi connectivity index (χ1n) is 5.39. The fraction of sp³-hybridized carbons (Fsp3) is 0.417. The molecule has 1 aromatic heterocycles. The van der Waals surface area contributed by atoms with Gasteiger partial charge in [0, 0.05) is 13.5 Å². The fourth-order valence-electron chi connectivity index (χ4n) is 1.38. The Morgan fingerprint density at radius 3 is 2.89 bits per heavy atom. The monoisotopic (exact) mass is 268 g/mol. The molecule has 0 aliphatic rings. The van der Waals surface area contributed by atoms with Crippen LogP contribution in [0.5, 0.6) is 0 Å². The first-order valence-corrected chi connectivity index (χ1v) is 5.77. The van der Waals surface area contributed by atoms with Crippen LogP contribution < -0.4 is 0 Å². The van der Waals surface area contributed by atoms with Gasteiger partial charge in [-0.25, -0.2) is 9.78 Å². The van der Waals surface area contributed by atoms with E-state index >= 15 is 0 Å². The van der Waals surface area contributed by atoms with E-state index in [9.17, 15) is 4.79 Å². The minimum Gasteiger partial charge on any atom is -0.462 e. The van der Waals surface area contributed by atoms with Gasteiger partial charge in [-0.05, 0) is 13.0 Å². The van der Waals surface area contributed by atoms with Gasteiger partial charge in [-0.15, -0.1) is 0 Å². The second kappa shape index (κ2) is 6.94. The Morgan fingerprint density at radius 2 is 2.33 bits per heavy atom. The molecule has 1 rings (SSSR count). The number of pyridine rings is 1. The Bertz CT molecular complexity index is 483. The number of carbonyl (C=O) groups is 1. The summed E-state index contributed by atoms with van der Waals surface area (Å²) in [7, 11) is 1.55. The Hall–Kier alpha value is -1.64. The summed E-state index contributed by atoms with van der Waals surface area (Å²) in [5.74, 6) is -0.510. The Labute approximate surface area is 110 Å². The van der Waals surface area contributed by atoms with Gasteiger partial charge in [0.15, 0.2) is 0 Å². The van der Waals surface area contributed by atoms with Gasteiger partial charge in [-0.3, -0.25) is 0 Å². The molecule has 0 spiro atoms. The summed E-state index contributed by atoms with van der Waals surface area (Å²) in [5.41, 5.74) is 0.884. The van der Waals surface area contributed by atoms with Crippen LogP contribution in [-0.2, 0) is 15.9 Å².